The fourth-order valence-corrected chi connectivity index (χ4v) is 7.90. The highest BCUT2D eigenvalue weighted by Gasteiger charge is 2.45. The lowest BCUT2D eigenvalue weighted by molar-refractivity contribution is -0.146. The molecule has 0 spiro atoms. The first-order chi connectivity index (χ1) is 24.7. The minimum Gasteiger partial charge on any atom is -0.507 e. The van der Waals surface area contributed by atoms with Crippen LogP contribution in [0.5, 0.6) is 23.0 Å². The van der Waals surface area contributed by atoms with Gasteiger partial charge in [-0.1, -0.05) is 70.3 Å². The van der Waals surface area contributed by atoms with Crippen molar-refractivity contribution < 1.29 is 33.0 Å². The summed E-state index contributed by atoms with van der Waals surface area (Å²) in [5.74, 6) is 1.62. The molecule has 50 heavy (non-hydrogen) atoms. The van der Waals surface area contributed by atoms with Crippen LogP contribution in [-0.4, -0.2) is 38.0 Å². The first-order valence-electron chi connectivity index (χ1n) is 19.9. The molecular formula is C44H66O6. The number of phenols is 1. The molecule has 5 rings (SSSR count). The Morgan fingerprint density at radius 3 is 1.96 bits per heavy atom. The number of aromatic hydroxyl groups is 1. The molecule has 1 N–H and O–H groups in total. The van der Waals surface area contributed by atoms with Gasteiger partial charge in [0, 0.05) is 33.0 Å². The number of unbranched alkanes of at least 4 members (excludes halogenated alkanes) is 4. The van der Waals surface area contributed by atoms with E-state index in [1.54, 1.807) is 21.1 Å². The highest BCUT2D eigenvalue weighted by Crippen LogP contribution is 2.53. The van der Waals surface area contributed by atoms with Gasteiger partial charge in [-0.15, -0.1) is 0 Å². The van der Waals surface area contributed by atoms with Crippen LogP contribution in [0.2, 0.25) is 0 Å². The Hall–Kier alpha value is -3.41. The average Bonchev–Trinajstić information content (AvgIpc) is 3.10. The first kappa shape index (κ1) is 36.4. The first-order valence-corrected chi connectivity index (χ1v) is 18.4. The zero-order chi connectivity index (χ0) is 38.2. The highest BCUT2D eigenvalue weighted by molar-refractivity contribution is 5.75. The Labute approximate surface area is 307 Å². The number of ether oxygens (including phenoxy) is 4. The summed E-state index contributed by atoms with van der Waals surface area (Å²) < 4.78 is 47.0. The third-order valence-electron chi connectivity index (χ3n) is 10.6. The van der Waals surface area contributed by atoms with Gasteiger partial charge >= 0.3 is 5.97 Å². The van der Waals surface area contributed by atoms with E-state index in [4.69, 9.17) is 23.1 Å². The molecule has 1 heterocycles. The van der Waals surface area contributed by atoms with Gasteiger partial charge in [0.1, 0.15) is 28.6 Å². The van der Waals surface area contributed by atoms with Gasteiger partial charge in [-0.3, -0.25) is 4.79 Å². The van der Waals surface area contributed by atoms with E-state index in [1.807, 2.05) is 12.1 Å². The minimum atomic E-state index is -2.22. The van der Waals surface area contributed by atoms with Crippen molar-refractivity contribution in [3.63, 3.8) is 0 Å². The lowest BCUT2D eigenvalue weighted by Crippen LogP contribution is -2.45. The molecule has 0 saturated heterocycles. The number of hydrogen-bond acceptors (Lipinski definition) is 6. The molecule has 3 aliphatic rings. The summed E-state index contributed by atoms with van der Waals surface area (Å²) >= 11 is 0. The maximum Gasteiger partial charge on any atom is 0.309 e. The number of rotatable bonds is 12. The smallest absolute Gasteiger partial charge is 0.309 e. The number of carbonyl (C=O) groups is 1. The molecule has 5 atom stereocenters. The van der Waals surface area contributed by atoms with Gasteiger partial charge in [-0.25, -0.2) is 0 Å². The van der Waals surface area contributed by atoms with Crippen LogP contribution < -0.4 is 14.2 Å². The molecule has 2 aliphatic carbocycles. The van der Waals surface area contributed by atoms with Crippen LogP contribution in [0, 0.1) is 11.8 Å². The molecule has 0 bridgehead atoms. The van der Waals surface area contributed by atoms with Crippen LogP contribution in [-0.2, 0) is 22.4 Å². The summed E-state index contributed by atoms with van der Waals surface area (Å²) in [6.45, 7) is 8.05. The van der Waals surface area contributed by atoms with E-state index in [2.05, 4.69) is 52.0 Å². The quantitative estimate of drug-likeness (QED) is 0.135. The molecule has 0 fully saturated rings. The number of aryl methyl sites for hydroxylation is 2. The van der Waals surface area contributed by atoms with E-state index >= 15 is 0 Å². The van der Waals surface area contributed by atoms with E-state index < -0.39 is 12.5 Å². The number of carbonyl (C=O) groups excluding carboxylic acids is 1. The molecule has 2 aromatic carbocycles. The van der Waals surface area contributed by atoms with E-state index in [9.17, 15) is 9.90 Å². The second-order valence-electron chi connectivity index (χ2n) is 14.5. The van der Waals surface area contributed by atoms with Crippen LogP contribution in [0.4, 0.5) is 0 Å². The monoisotopic (exact) mass is 694 g/mol. The average molecular weight is 694 g/mol. The van der Waals surface area contributed by atoms with E-state index in [1.165, 1.54) is 36.7 Å². The number of methoxy groups -OCH3 is 3. The van der Waals surface area contributed by atoms with Crippen molar-refractivity contribution in [2.75, 3.05) is 21.3 Å². The number of benzene rings is 2. The Morgan fingerprint density at radius 1 is 0.860 bits per heavy atom. The largest absolute Gasteiger partial charge is 0.507 e. The Balaban J connectivity index is 0.000000280. The maximum absolute atomic E-state index is 12.4. The van der Waals surface area contributed by atoms with Crippen molar-refractivity contribution >= 4 is 5.97 Å². The number of fused-ring (bicyclic) bond motifs is 3. The van der Waals surface area contributed by atoms with Crippen LogP contribution >= 0.6 is 0 Å². The third kappa shape index (κ3) is 9.67. The van der Waals surface area contributed by atoms with Crippen molar-refractivity contribution in [2.45, 2.75) is 143 Å². The van der Waals surface area contributed by atoms with Gasteiger partial charge in [0.2, 0.25) is 0 Å². The minimum absolute atomic E-state index is 0. The van der Waals surface area contributed by atoms with E-state index in [0.717, 1.165) is 92.4 Å². The maximum atomic E-state index is 12.4. The number of allylic oxidation sites excluding steroid dienone is 4. The molecule has 0 saturated carbocycles. The Bertz CT molecular complexity index is 1570. The molecule has 2 unspecified atom stereocenters. The summed E-state index contributed by atoms with van der Waals surface area (Å²) in [6, 6.07) is 7.98. The van der Waals surface area contributed by atoms with E-state index in [-0.39, 0.29) is 42.8 Å². The topological polar surface area (TPSA) is 74.2 Å². The summed E-state index contributed by atoms with van der Waals surface area (Å²) in [6.07, 6.45) is 16.4. The summed E-state index contributed by atoms with van der Waals surface area (Å²) in [5.41, 5.74) is 5.22. The Kier molecular flexibility index (Phi) is 13.6. The molecule has 0 aromatic heterocycles. The standard InChI is InChI=1S/C22H32O4.C21H30O2.CH4/c1-6-7-8-9-16-13-19(24-3)21(20(14-16)25-4)18-12-15(2)10-11-17(18)22(23)26-5;1-5-6-7-8-15-12-18(22)20-16-11-14(2)9-10-17(16)21(3,4)23-19(20)13-15;/h12-14,17-18H,6-11H2,1-5H3;11-13,16-17,22H,5-10H2,1-4H3;1H4/t17-,18-;16?,17-;/m11./s1/i;3D3;/t;16?,17-,21?;. The van der Waals surface area contributed by atoms with Crippen molar-refractivity contribution in [1.82, 2.24) is 0 Å². The summed E-state index contributed by atoms with van der Waals surface area (Å²) in [7, 11) is 4.82. The van der Waals surface area contributed by atoms with Gasteiger partial charge in [0.05, 0.1) is 27.2 Å². The second-order valence-corrected chi connectivity index (χ2v) is 14.5. The van der Waals surface area contributed by atoms with Gasteiger partial charge in [-0.05, 0) is 114 Å². The van der Waals surface area contributed by atoms with Crippen LogP contribution in [0.1, 0.15) is 151 Å². The predicted octanol–water partition coefficient (Wildman–Crippen LogP) is 11.4. The molecule has 2 aromatic rings. The molecule has 278 valence electrons. The van der Waals surface area contributed by atoms with Crippen molar-refractivity contribution in [1.29, 1.82) is 0 Å². The molecule has 6 heteroatoms. The van der Waals surface area contributed by atoms with Gasteiger partial charge in [-0.2, -0.15) is 0 Å². The highest BCUT2D eigenvalue weighted by atomic mass is 16.5. The second kappa shape index (κ2) is 18.7. The zero-order valence-corrected chi connectivity index (χ0v) is 31.2. The van der Waals surface area contributed by atoms with Crippen LogP contribution in [0.15, 0.2) is 47.6 Å². The fraction of sp³-hybridized carbons (Fsp3) is 0.614. The number of esters is 1. The zero-order valence-electron chi connectivity index (χ0n) is 34.2. The molecule has 1 aliphatic heterocycles. The van der Waals surface area contributed by atoms with Gasteiger partial charge in [0.15, 0.2) is 0 Å². The summed E-state index contributed by atoms with van der Waals surface area (Å²) in [5, 5.41) is 10.7. The lowest BCUT2D eigenvalue weighted by atomic mass is 9.68. The molecule has 0 amide bonds. The molecular weight excluding hydrogens is 624 g/mol. The lowest BCUT2D eigenvalue weighted by Gasteiger charge is -2.46. The van der Waals surface area contributed by atoms with Crippen LogP contribution in [0.3, 0.4) is 0 Å². The van der Waals surface area contributed by atoms with Crippen molar-refractivity contribution in [3.8, 4) is 23.0 Å². The predicted molar refractivity (Wildman–Crippen MR) is 206 cm³/mol. The van der Waals surface area contributed by atoms with E-state index in [0.29, 0.717) is 5.75 Å². The van der Waals surface area contributed by atoms with Crippen LogP contribution in [0.25, 0.3) is 0 Å². The molecule has 6 nitrogen and oxygen atoms in total. The van der Waals surface area contributed by atoms with Gasteiger partial charge < -0.3 is 24.1 Å². The van der Waals surface area contributed by atoms with Crippen molar-refractivity contribution in [2.24, 2.45) is 11.8 Å². The van der Waals surface area contributed by atoms with Gasteiger partial charge in [0.25, 0.3) is 0 Å². The van der Waals surface area contributed by atoms with Crippen molar-refractivity contribution in [3.05, 3.63) is 69.8 Å². The molecule has 0 radical (unpaired) electrons. The Morgan fingerprint density at radius 2 is 1.42 bits per heavy atom. The number of hydrogen-bond donors (Lipinski definition) is 1. The summed E-state index contributed by atoms with van der Waals surface area (Å²) in [4.78, 5) is 12.4. The normalized spacial score (nSPS) is 24.8. The SMILES string of the molecule is C.CCCCCc1cc(OC)c([C@@H]2C=C(C)CC[C@H]2C(=O)OC)c(OC)c1.[2H]C([2H])([2H])C1(C)Oc2cc(CCCCC)cc(O)c2C2C=C(C)CC[C@H]21. The fourth-order valence-electron chi connectivity index (χ4n) is 7.90. The number of phenolic OH excluding ortho intramolecular Hbond substituents is 1. The third-order valence-corrected chi connectivity index (χ3v) is 10.6.